The molecule has 0 amide bonds. The van der Waals surface area contributed by atoms with E-state index in [0.29, 0.717) is 0 Å². The van der Waals surface area contributed by atoms with Crippen molar-refractivity contribution >= 4 is 39.3 Å². The highest BCUT2D eigenvalue weighted by molar-refractivity contribution is 9.10. The number of rotatable bonds is 3. The van der Waals surface area contributed by atoms with Crippen LogP contribution in [0.5, 0.6) is 0 Å². The molecule has 0 aliphatic heterocycles. The van der Waals surface area contributed by atoms with Crippen LogP contribution in [0.4, 0.5) is 0 Å². The average Bonchev–Trinajstić information content (AvgIpc) is 2.27. The maximum absolute atomic E-state index is 5.93. The van der Waals surface area contributed by atoms with Gasteiger partial charge in [0.05, 0.1) is 0 Å². The van der Waals surface area contributed by atoms with Crippen LogP contribution in [0.2, 0.25) is 5.02 Å². The van der Waals surface area contributed by atoms with Gasteiger partial charge in [-0.2, -0.15) is 0 Å². The van der Waals surface area contributed by atoms with Crippen molar-refractivity contribution in [1.29, 1.82) is 0 Å². The van der Waals surface area contributed by atoms with Crippen LogP contribution < -0.4 is 0 Å². The van der Waals surface area contributed by atoms with Crippen LogP contribution in [0.3, 0.4) is 0 Å². The first-order valence-electron chi connectivity index (χ1n) is 4.87. The van der Waals surface area contributed by atoms with Crippen LogP contribution in [0.25, 0.3) is 0 Å². The molecule has 0 spiro atoms. The van der Waals surface area contributed by atoms with E-state index in [4.69, 9.17) is 11.6 Å². The Balaban J connectivity index is 2.02. The Morgan fingerprint density at radius 1 is 1.06 bits per heavy atom. The molecule has 0 unspecified atom stereocenters. The highest BCUT2D eigenvalue weighted by atomic mass is 79.9. The van der Waals surface area contributed by atoms with Gasteiger partial charge in [0.25, 0.3) is 0 Å². The lowest BCUT2D eigenvalue weighted by molar-refractivity contribution is 1.37. The number of halogens is 2. The molecule has 2 aromatic carbocycles. The first-order chi connectivity index (χ1) is 7.74. The summed E-state index contributed by atoms with van der Waals surface area (Å²) >= 11 is 11.2. The van der Waals surface area contributed by atoms with E-state index in [1.807, 2.05) is 24.3 Å². The molecule has 16 heavy (non-hydrogen) atoms. The topological polar surface area (TPSA) is 0 Å². The molecule has 0 heterocycles. The average molecular weight is 314 g/mol. The van der Waals surface area contributed by atoms with Gasteiger partial charge in [0.2, 0.25) is 0 Å². The third kappa shape index (κ3) is 3.55. The minimum absolute atomic E-state index is 0.791. The molecule has 0 aliphatic carbocycles. The van der Waals surface area contributed by atoms with Gasteiger partial charge in [-0.05, 0) is 35.9 Å². The second-order valence-corrected chi connectivity index (χ2v) is 5.78. The van der Waals surface area contributed by atoms with Gasteiger partial charge in [0.1, 0.15) is 0 Å². The second kappa shape index (κ2) is 5.76. The Hall–Kier alpha value is -0.440. The Labute approximate surface area is 113 Å². The van der Waals surface area contributed by atoms with Gasteiger partial charge in [-0.3, -0.25) is 0 Å². The number of hydrogen-bond acceptors (Lipinski definition) is 1. The fraction of sp³-hybridized carbons (Fsp3) is 0.0769. The SMILES string of the molecule is Clc1cccc(SCc2cccc(Br)c2)c1. The zero-order valence-electron chi connectivity index (χ0n) is 8.49. The minimum atomic E-state index is 0.791. The Bertz CT molecular complexity index is 439. The summed E-state index contributed by atoms with van der Waals surface area (Å²) in [7, 11) is 0. The van der Waals surface area contributed by atoms with E-state index in [1.165, 1.54) is 10.5 Å². The van der Waals surface area contributed by atoms with Gasteiger partial charge >= 0.3 is 0 Å². The monoisotopic (exact) mass is 312 g/mol. The highest BCUT2D eigenvalue weighted by Gasteiger charge is 1.97. The van der Waals surface area contributed by atoms with Gasteiger partial charge in [-0.25, -0.2) is 0 Å². The van der Waals surface area contributed by atoms with Crippen molar-refractivity contribution in [3.05, 3.63) is 63.6 Å². The van der Waals surface area contributed by atoms with Gasteiger partial charge in [-0.15, -0.1) is 11.8 Å². The summed E-state index contributed by atoms with van der Waals surface area (Å²) in [4.78, 5) is 1.20. The van der Waals surface area contributed by atoms with E-state index in [0.717, 1.165) is 15.2 Å². The van der Waals surface area contributed by atoms with Crippen molar-refractivity contribution in [2.75, 3.05) is 0 Å². The molecule has 2 aromatic rings. The standard InChI is InChI=1S/C13H10BrClS/c14-11-4-1-3-10(7-11)9-16-13-6-2-5-12(15)8-13/h1-8H,9H2. The first-order valence-corrected chi connectivity index (χ1v) is 7.02. The Morgan fingerprint density at radius 3 is 2.62 bits per heavy atom. The predicted octanol–water partition coefficient (Wildman–Crippen LogP) is 5.39. The molecule has 3 heteroatoms. The van der Waals surface area contributed by atoms with E-state index >= 15 is 0 Å². The quantitative estimate of drug-likeness (QED) is 0.684. The van der Waals surface area contributed by atoms with Crippen LogP contribution in [-0.2, 0) is 5.75 Å². The summed E-state index contributed by atoms with van der Waals surface area (Å²) in [5.74, 6) is 0.958. The largest absolute Gasteiger partial charge is 0.121 e. The van der Waals surface area contributed by atoms with Gasteiger partial charge in [-0.1, -0.05) is 45.7 Å². The fourth-order valence-electron chi connectivity index (χ4n) is 1.35. The number of thioether (sulfide) groups is 1. The molecule has 0 nitrogen and oxygen atoms in total. The molecule has 0 bridgehead atoms. The van der Waals surface area contributed by atoms with Crippen LogP contribution in [0.1, 0.15) is 5.56 Å². The second-order valence-electron chi connectivity index (χ2n) is 3.38. The van der Waals surface area contributed by atoms with Crippen LogP contribution in [0, 0.1) is 0 Å². The van der Waals surface area contributed by atoms with Gasteiger partial charge < -0.3 is 0 Å². The van der Waals surface area contributed by atoms with Crippen molar-refractivity contribution in [2.45, 2.75) is 10.6 Å². The van der Waals surface area contributed by atoms with Crippen LogP contribution in [0.15, 0.2) is 57.9 Å². The third-order valence-corrected chi connectivity index (χ3v) is 3.88. The van der Waals surface area contributed by atoms with Crippen molar-refractivity contribution in [3.63, 3.8) is 0 Å². The first kappa shape index (κ1) is 12.0. The molecule has 0 saturated carbocycles. The fourth-order valence-corrected chi connectivity index (χ4v) is 2.95. The molecular formula is C13H10BrClS. The lowest BCUT2D eigenvalue weighted by Gasteiger charge is -2.03. The molecular weight excluding hydrogens is 304 g/mol. The molecule has 0 radical (unpaired) electrons. The molecule has 0 N–H and O–H groups in total. The van der Waals surface area contributed by atoms with Gasteiger partial charge in [0, 0.05) is 20.1 Å². The maximum Gasteiger partial charge on any atom is 0.0417 e. The lowest BCUT2D eigenvalue weighted by atomic mass is 10.2. The number of hydrogen-bond donors (Lipinski definition) is 0. The molecule has 82 valence electrons. The lowest BCUT2D eigenvalue weighted by Crippen LogP contribution is -1.80. The van der Waals surface area contributed by atoms with E-state index in [-0.39, 0.29) is 0 Å². The van der Waals surface area contributed by atoms with Crippen molar-refractivity contribution < 1.29 is 0 Å². The molecule has 2 rings (SSSR count). The minimum Gasteiger partial charge on any atom is -0.121 e. The zero-order chi connectivity index (χ0) is 11.4. The van der Waals surface area contributed by atoms with E-state index in [1.54, 1.807) is 11.8 Å². The zero-order valence-corrected chi connectivity index (χ0v) is 11.6. The van der Waals surface area contributed by atoms with Crippen LogP contribution in [-0.4, -0.2) is 0 Å². The molecule has 0 aromatic heterocycles. The van der Waals surface area contributed by atoms with Crippen molar-refractivity contribution in [3.8, 4) is 0 Å². The van der Waals surface area contributed by atoms with Crippen molar-refractivity contribution in [2.24, 2.45) is 0 Å². The van der Waals surface area contributed by atoms with Gasteiger partial charge in [0.15, 0.2) is 0 Å². The molecule has 0 saturated heterocycles. The summed E-state index contributed by atoms with van der Waals surface area (Å²) < 4.78 is 1.12. The summed E-state index contributed by atoms with van der Waals surface area (Å²) in [5, 5.41) is 0.791. The number of benzene rings is 2. The Morgan fingerprint density at radius 2 is 1.88 bits per heavy atom. The van der Waals surface area contributed by atoms with Crippen molar-refractivity contribution in [1.82, 2.24) is 0 Å². The molecule has 0 aliphatic rings. The smallest absolute Gasteiger partial charge is 0.0417 e. The summed E-state index contributed by atoms with van der Waals surface area (Å²) in [6.07, 6.45) is 0. The maximum atomic E-state index is 5.93. The Kier molecular flexibility index (Phi) is 4.33. The van der Waals surface area contributed by atoms with E-state index in [2.05, 4.69) is 40.2 Å². The van der Waals surface area contributed by atoms with Crippen LogP contribution >= 0.6 is 39.3 Å². The summed E-state index contributed by atoms with van der Waals surface area (Å²) in [5.41, 5.74) is 1.30. The molecule has 0 atom stereocenters. The predicted molar refractivity (Wildman–Crippen MR) is 75.2 cm³/mol. The van der Waals surface area contributed by atoms with E-state index in [9.17, 15) is 0 Å². The third-order valence-electron chi connectivity index (χ3n) is 2.09. The summed E-state index contributed by atoms with van der Waals surface area (Å²) in [6, 6.07) is 16.3. The summed E-state index contributed by atoms with van der Waals surface area (Å²) in [6.45, 7) is 0. The highest BCUT2D eigenvalue weighted by Crippen LogP contribution is 2.26. The normalized spacial score (nSPS) is 10.4. The molecule has 0 fully saturated rings. The van der Waals surface area contributed by atoms with E-state index < -0.39 is 0 Å².